The molecule has 0 fully saturated rings. The Bertz CT molecular complexity index is 631. The van der Waals surface area contributed by atoms with E-state index < -0.39 is 10.9 Å². The van der Waals surface area contributed by atoms with Gasteiger partial charge in [0.15, 0.2) is 0 Å². The highest BCUT2D eigenvalue weighted by atomic mass is 16.6. The normalized spacial score (nSPS) is 10.9. The van der Waals surface area contributed by atoms with Gasteiger partial charge in [-0.2, -0.15) is 0 Å². The monoisotopic (exact) mass is 262 g/mol. The van der Waals surface area contributed by atoms with Crippen LogP contribution in [0.25, 0.3) is 10.9 Å². The molecule has 2 rings (SSSR count). The molecule has 0 unspecified atom stereocenters. The Morgan fingerprint density at radius 3 is 2.79 bits per heavy atom. The van der Waals surface area contributed by atoms with E-state index in [2.05, 4.69) is 0 Å². The molecule has 6 heteroatoms. The third kappa shape index (κ3) is 2.73. The van der Waals surface area contributed by atoms with Gasteiger partial charge < -0.3 is 9.30 Å². The minimum Gasteiger partial charge on any atom is -0.462 e. The number of non-ortho nitro benzene ring substituents is 1. The lowest BCUT2D eigenvalue weighted by Crippen LogP contribution is -2.17. The van der Waals surface area contributed by atoms with Gasteiger partial charge in [0.2, 0.25) is 0 Å². The highest BCUT2D eigenvalue weighted by Gasteiger charge is 2.17. The Balaban J connectivity index is 2.39. The minimum atomic E-state index is -0.452. The van der Waals surface area contributed by atoms with Gasteiger partial charge in [0.1, 0.15) is 12.1 Å². The third-order valence-electron chi connectivity index (χ3n) is 2.63. The number of para-hydroxylation sites is 1. The number of rotatable bonds is 4. The van der Waals surface area contributed by atoms with Crippen molar-refractivity contribution in [2.45, 2.75) is 26.5 Å². The van der Waals surface area contributed by atoms with Crippen LogP contribution in [0.5, 0.6) is 0 Å². The average Bonchev–Trinajstić information content (AvgIpc) is 2.71. The maximum absolute atomic E-state index is 11.6. The molecule has 0 aliphatic rings. The summed E-state index contributed by atoms with van der Waals surface area (Å²) < 4.78 is 6.58. The minimum absolute atomic E-state index is 0.0140. The second-order valence-electron chi connectivity index (χ2n) is 4.45. The number of hydrogen-bond acceptors (Lipinski definition) is 4. The van der Waals surface area contributed by atoms with Gasteiger partial charge in [0, 0.05) is 17.6 Å². The number of nitro benzene ring substituents is 1. The van der Waals surface area contributed by atoms with Crippen molar-refractivity contribution in [2.24, 2.45) is 0 Å². The molecular formula is C13H14N2O4. The number of carbonyl (C=O) groups is 1. The summed E-state index contributed by atoms with van der Waals surface area (Å²) in [5.74, 6) is -0.411. The smallest absolute Gasteiger partial charge is 0.326 e. The molecule has 2 aromatic rings. The molecule has 0 spiro atoms. The molecule has 0 saturated carbocycles. The first-order valence-corrected chi connectivity index (χ1v) is 5.91. The van der Waals surface area contributed by atoms with Crippen LogP contribution in [0.3, 0.4) is 0 Å². The van der Waals surface area contributed by atoms with E-state index in [0.29, 0.717) is 5.52 Å². The number of nitrogens with zero attached hydrogens (tertiary/aromatic N) is 2. The predicted molar refractivity (Wildman–Crippen MR) is 69.8 cm³/mol. The van der Waals surface area contributed by atoms with Crippen molar-refractivity contribution < 1.29 is 14.5 Å². The standard InChI is InChI=1S/C13H14N2O4/c1-9(2)19-12(16)8-14-7-6-10-4-3-5-11(13(10)14)15(17)18/h3-7,9H,8H2,1-2H3. The summed E-state index contributed by atoms with van der Waals surface area (Å²) in [6, 6.07) is 6.56. The van der Waals surface area contributed by atoms with E-state index in [9.17, 15) is 14.9 Å². The van der Waals surface area contributed by atoms with Gasteiger partial charge in [-0.25, -0.2) is 0 Å². The fourth-order valence-corrected chi connectivity index (χ4v) is 1.96. The summed E-state index contributed by atoms with van der Waals surface area (Å²) >= 11 is 0. The van der Waals surface area contributed by atoms with Crippen LogP contribution in [-0.4, -0.2) is 21.6 Å². The van der Waals surface area contributed by atoms with Crippen LogP contribution in [0.4, 0.5) is 5.69 Å². The van der Waals surface area contributed by atoms with E-state index in [1.165, 1.54) is 10.6 Å². The molecule has 0 aliphatic heterocycles. The van der Waals surface area contributed by atoms with Crippen LogP contribution in [-0.2, 0) is 16.1 Å². The molecule has 0 radical (unpaired) electrons. The van der Waals surface area contributed by atoms with E-state index in [1.807, 2.05) is 0 Å². The first-order valence-electron chi connectivity index (χ1n) is 5.91. The molecule has 1 aromatic heterocycles. The van der Waals surface area contributed by atoms with Gasteiger partial charge in [-0.3, -0.25) is 14.9 Å². The van der Waals surface area contributed by atoms with Crippen molar-refractivity contribution in [3.05, 3.63) is 40.6 Å². The quantitative estimate of drug-likeness (QED) is 0.482. The summed E-state index contributed by atoms with van der Waals surface area (Å²) in [5, 5.41) is 11.7. The lowest BCUT2D eigenvalue weighted by molar-refractivity contribution is -0.383. The van der Waals surface area contributed by atoms with Gasteiger partial charge in [-0.1, -0.05) is 12.1 Å². The maximum Gasteiger partial charge on any atom is 0.326 e. The van der Waals surface area contributed by atoms with Gasteiger partial charge in [0.25, 0.3) is 5.69 Å². The van der Waals surface area contributed by atoms with Crippen LogP contribution in [0.15, 0.2) is 30.5 Å². The van der Waals surface area contributed by atoms with Crippen molar-refractivity contribution in [3.63, 3.8) is 0 Å². The van der Waals surface area contributed by atoms with Crippen molar-refractivity contribution >= 4 is 22.6 Å². The SMILES string of the molecule is CC(C)OC(=O)Cn1ccc2cccc([N+](=O)[O-])c21. The van der Waals surface area contributed by atoms with Crippen molar-refractivity contribution in [2.75, 3.05) is 0 Å². The summed E-state index contributed by atoms with van der Waals surface area (Å²) in [6.07, 6.45) is 1.45. The molecule has 0 N–H and O–H groups in total. The van der Waals surface area contributed by atoms with Gasteiger partial charge in [-0.05, 0) is 19.9 Å². The molecular weight excluding hydrogens is 248 g/mol. The molecule has 100 valence electrons. The fourth-order valence-electron chi connectivity index (χ4n) is 1.96. The van der Waals surface area contributed by atoms with Crippen LogP contribution >= 0.6 is 0 Å². The number of ether oxygens (including phenoxy) is 1. The Morgan fingerprint density at radius 1 is 1.42 bits per heavy atom. The van der Waals surface area contributed by atoms with Gasteiger partial charge >= 0.3 is 5.97 Å². The number of aromatic nitrogens is 1. The Hall–Kier alpha value is -2.37. The molecule has 1 aromatic carbocycles. The highest BCUT2D eigenvalue weighted by molar-refractivity contribution is 5.89. The van der Waals surface area contributed by atoms with Crippen molar-refractivity contribution in [1.82, 2.24) is 4.57 Å². The number of carbonyl (C=O) groups excluding carboxylic acids is 1. The second kappa shape index (κ2) is 5.09. The number of hydrogen-bond donors (Lipinski definition) is 0. The Kier molecular flexibility index (Phi) is 3.50. The molecule has 0 aliphatic carbocycles. The molecule has 0 atom stereocenters. The summed E-state index contributed by atoms with van der Waals surface area (Å²) in [7, 11) is 0. The lowest BCUT2D eigenvalue weighted by atomic mass is 10.2. The molecule has 6 nitrogen and oxygen atoms in total. The van der Waals surface area contributed by atoms with Crippen LogP contribution in [0.2, 0.25) is 0 Å². The fraction of sp³-hybridized carbons (Fsp3) is 0.308. The van der Waals surface area contributed by atoms with Crippen molar-refractivity contribution in [3.8, 4) is 0 Å². The molecule has 0 bridgehead atoms. The second-order valence-corrected chi connectivity index (χ2v) is 4.45. The first kappa shape index (κ1) is 13.1. The van der Waals surface area contributed by atoms with Crippen LogP contribution in [0.1, 0.15) is 13.8 Å². The number of benzene rings is 1. The zero-order chi connectivity index (χ0) is 14.0. The first-order chi connectivity index (χ1) is 8.99. The number of esters is 1. The number of nitro groups is 1. The summed E-state index contributed by atoms with van der Waals surface area (Å²) in [5.41, 5.74) is 0.424. The topological polar surface area (TPSA) is 74.4 Å². The third-order valence-corrected chi connectivity index (χ3v) is 2.63. The van der Waals surface area contributed by atoms with E-state index in [-0.39, 0.29) is 18.3 Å². The van der Waals surface area contributed by atoms with E-state index >= 15 is 0 Å². The van der Waals surface area contributed by atoms with E-state index in [0.717, 1.165) is 5.39 Å². The van der Waals surface area contributed by atoms with Crippen molar-refractivity contribution in [1.29, 1.82) is 0 Å². The zero-order valence-corrected chi connectivity index (χ0v) is 10.7. The van der Waals surface area contributed by atoms with E-state index in [1.54, 1.807) is 38.2 Å². The largest absolute Gasteiger partial charge is 0.462 e. The number of fused-ring (bicyclic) bond motifs is 1. The van der Waals surface area contributed by atoms with Crippen LogP contribution in [0, 0.1) is 10.1 Å². The molecule has 0 saturated heterocycles. The van der Waals surface area contributed by atoms with Crippen LogP contribution < -0.4 is 0 Å². The summed E-state index contributed by atoms with van der Waals surface area (Å²) in [6.45, 7) is 3.48. The molecule has 0 amide bonds. The summed E-state index contributed by atoms with van der Waals surface area (Å²) in [4.78, 5) is 22.2. The predicted octanol–water partition coefficient (Wildman–Crippen LogP) is 2.50. The Labute approximate surface area is 109 Å². The lowest BCUT2D eigenvalue weighted by Gasteiger charge is -2.09. The Morgan fingerprint density at radius 2 is 2.16 bits per heavy atom. The zero-order valence-electron chi connectivity index (χ0n) is 10.7. The van der Waals surface area contributed by atoms with Gasteiger partial charge in [-0.15, -0.1) is 0 Å². The molecule has 1 heterocycles. The highest BCUT2D eigenvalue weighted by Crippen LogP contribution is 2.26. The van der Waals surface area contributed by atoms with Gasteiger partial charge in [0.05, 0.1) is 11.0 Å². The average molecular weight is 262 g/mol. The molecule has 19 heavy (non-hydrogen) atoms. The van der Waals surface area contributed by atoms with E-state index in [4.69, 9.17) is 4.74 Å². The maximum atomic E-state index is 11.6.